The van der Waals surface area contributed by atoms with Crippen molar-refractivity contribution in [3.05, 3.63) is 99.2 Å². The quantitative estimate of drug-likeness (QED) is 0.533. The van der Waals surface area contributed by atoms with E-state index in [0.717, 1.165) is 25.2 Å². The Labute approximate surface area is 169 Å². The first kappa shape index (κ1) is 17.7. The van der Waals surface area contributed by atoms with Gasteiger partial charge in [-0.15, -0.1) is 0 Å². The first-order valence-corrected chi connectivity index (χ1v) is 11.1. The van der Waals surface area contributed by atoms with E-state index in [2.05, 4.69) is 67.6 Å². The normalized spacial score (nSPS) is 20.3. The fourth-order valence-corrected chi connectivity index (χ4v) is 5.17. The van der Waals surface area contributed by atoms with Crippen molar-refractivity contribution in [3.63, 3.8) is 0 Å². The summed E-state index contributed by atoms with van der Waals surface area (Å²) in [6.07, 6.45) is 16.9. The summed E-state index contributed by atoms with van der Waals surface area (Å²) in [6, 6.07) is 16.4. The highest BCUT2D eigenvalue weighted by atomic mass is 14.3. The second-order valence-corrected chi connectivity index (χ2v) is 8.77. The van der Waals surface area contributed by atoms with E-state index < -0.39 is 0 Å². The predicted octanol–water partition coefficient (Wildman–Crippen LogP) is 7.03. The molecule has 0 amide bonds. The van der Waals surface area contributed by atoms with Gasteiger partial charge in [-0.25, -0.2) is 0 Å². The van der Waals surface area contributed by atoms with Gasteiger partial charge >= 0.3 is 0 Å². The minimum Gasteiger partial charge on any atom is -0.0802 e. The molecule has 3 aliphatic rings. The van der Waals surface area contributed by atoms with Gasteiger partial charge in [0.2, 0.25) is 0 Å². The molecule has 0 bridgehead atoms. The third-order valence-electron chi connectivity index (χ3n) is 7.00. The molecule has 0 N–H and O–H groups in total. The van der Waals surface area contributed by atoms with Crippen LogP contribution in [0.25, 0.3) is 6.08 Å². The zero-order valence-electron chi connectivity index (χ0n) is 17.0. The number of fused-ring (bicyclic) bond motifs is 1. The molecule has 0 aliphatic heterocycles. The van der Waals surface area contributed by atoms with Crippen molar-refractivity contribution < 1.29 is 0 Å². The van der Waals surface area contributed by atoms with Gasteiger partial charge in [0.25, 0.3) is 0 Å². The fourth-order valence-electron chi connectivity index (χ4n) is 5.17. The SMILES string of the molecule is CCc1ccc(CCc2ccc3c(c2)C=C(C2CCC4=C(CC=C4)C2)C3)cc1. The van der Waals surface area contributed by atoms with Crippen molar-refractivity contribution in [1.82, 2.24) is 0 Å². The maximum absolute atomic E-state index is 2.52. The minimum atomic E-state index is 0.770. The summed E-state index contributed by atoms with van der Waals surface area (Å²) in [7, 11) is 0. The van der Waals surface area contributed by atoms with E-state index in [0.29, 0.717) is 0 Å². The lowest BCUT2D eigenvalue weighted by Gasteiger charge is -2.25. The predicted molar refractivity (Wildman–Crippen MR) is 119 cm³/mol. The summed E-state index contributed by atoms with van der Waals surface area (Å²) in [6.45, 7) is 2.22. The molecule has 1 atom stereocenters. The van der Waals surface area contributed by atoms with Crippen LogP contribution in [0, 0.1) is 5.92 Å². The Balaban J connectivity index is 1.25. The molecular formula is C28H30. The molecule has 0 nitrogen and oxygen atoms in total. The fraction of sp³-hybridized carbons (Fsp3) is 0.357. The van der Waals surface area contributed by atoms with Gasteiger partial charge in [-0.3, -0.25) is 0 Å². The smallest absolute Gasteiger partial charge is 0.00549 e. The second-order valence-electron chi connectivity index (χ2n) is 8.77. The van der Waals surface area contributed by atoms with Gasteiger partial charge in [0, 0.05) is 0 Å². The monoisotopic (exact) mass is 366 g/mol. The Hall–Kier alpha value is -2.34. The van der Waals surface area contributed by atoms with E-state index in [9.17, 15) is 0 Å². The first-order valence-electron chi connectivity index (χ1n) is 11.1. The van der Waals surface area contributed by atoms with Crippen molar-refractivity contribution in [3.8, 4) is 0 Å². The molecule has 0 fully saturated rings. The molecule has 0 heteroatoms. The molecular weight excluding hydrogens is 336 g/mol. The lowest BCUT2D eigenvalue weighted by atomic mass is 9.80. The molecule has 0 aromatic heterocycles. The molecule has 0 saturated carbocycles. The Bertz CT molecular complexity index is 966. The van der Waals surface area contributed by atoms with Crippen LogP contribution in [0.3, 0.4) is 0 Å². The summed E-state index contributed by atoms with van der Waals surface area (Å²) < 4.78 is 0. The second kappa shape index (κ2) is 7.59. The van der Waals surface area contributed by atoms with Crippen LogP contribution in [-0.4, -0.2) is 0 Å². The molecule has 1 unspecified atom stereocenters. The Morgan fingerprint density at radius 3 is 2.57 bits per heavy atom. The standard InChI is InChI=1S/C28H30/c1-2-20-6-8-21(9-7-20)10-11-22-12-13-25-18-28(19-27(25)16-22)26-15-14-23-4-3-5-24(23)17-26/h3-4,6-9,12-13,16,19,26H,2,5,10-11,14-15,17-18H2,1H3. The topological polar surface area (TPSA) is 0 Å². The number of hydrogen-bond donors (Lipinski definition) is 0. The van der Waals surface area contributed by atoms with Gasteiger partial charge in [0.1, 0.15) is 0 Å². The lowest BCUT2D eigenvalue weighted by molar-refractivity contribution is 0.519. The maximum atomic E-state index is 2.52. The summed E-state index contributed by atoms with van der Waals surface area (Å²) in [5, 5.41) is 0. The van der Waals surface area contributed by atoms with Gasteiger partial charge < -0.3 is 0 Å². The zero-order valence-corrected chi connectivity index (χ0v) is 17.0. The number of rotatable bonds is 5. The zero-order chi connectivity index (χ0) is 18.9. The maximum Gasteiger partial charge on any atom is -0.00549 e. The highest BCUT2D eigenvalue weighted by Gasteiger charge is 2.26. The molecule has 0 saturated heterocycles. The summed E-state index contributed by atoms with van der Waals surface area (Å²) in [5.41, 5.74) is 12.4. The summed E-state index contributed by atoms with van der Waals surface area (Å²) >= 11 is 0. The van der Waals surface area contributed by atoms with Gasteiger partial charge in [-0.2, -0.15) is 0 Å². The minimum absolute atomic E-state index is 0.770. The lowest BCUT2D eigenvalue weighted by Crippen LogP contribution is -2.11. The van der Waals surface area contributed by atoms with E-state index in [4.69, 9.17) is 0 Å². The molecule has 0 heterocycles. The number of hydrogen-bond acceptors (Lipinski definition) is 0. The molecule has 5 rings (SSSR count). The largest absolute Gasteiger partial charge is 0.0802 e. The molecule has 2 aromatic carbocycles. The highest BCUT2D eigenvalue weighted by molar-refractivity contribution is 5.65. The van der Waals surface area contributed by atoms with Gasteiger partial charge in [0.15, 0.2) is 0 Å². The van der Waals surface area contributed by atoms with Crippen molar-refractivity contribution in [2.24, 2.45) is 5.92 Å². The third-order valence-corrected chi connectivity index (χ3v) is 7.00. The van der Waals surface area contributed by atoms with E-state index in [1.807, 2.05) is 0 Å². The van der Waals surface area contributed by atoms with Crippen LogP contribution in [0.2, 0.25) is 0 Å². The van der Waals surface area contributed by atoms with Gasteiger partial charge in [-0.05, 0) is 90.7 Å². The van der Waals surface area contributed by atoms with Crippen LogP contribution in [-0.2, 0) is 25.7 Å². The van der Waals surface area contributed by atoms with Crippen molar-refractivity contribution in [2.75, 3.05) is 0 Å². The highest BCUT2D eigenvalue weighted by Crippen LogP contribution is 2.42. The average Bonchev–Trinajstić information content (AvgIpc) is 3.38. The third kappa shape index (κ3) is 3.53. The molecule has 0 radical (unpaired) electrons. The number of aryl methyl sites for hydroxylation is 3. The van der Waals surface area contributed by atoms with Crippen LogP contribution >= 0.6 is 0 Å². The van der Waals surface area contributed by atoms with Crippen LogP contribution in [0.5, 0.6) is 0 Å². The van der Waals surface area contributed by atoms with E-state index >= 15 is 0 Å². The number of allylic oxidation sites excluding steroid dienone is 5. The average molecular weight is 367 g/mol. The van der Waals surface area contributed by atoms with Crippen molar-refractivity contribution in [1.29, 1.82) is 0 Å². The van der Waals surface area contributed by atoms with Gasteiger partial charge in [-0.1, -0.05) is 78.8 Å². The Kier molecular flexibility index (Phi) is 4.81. The molecule has 3 aliphatic carbocycles. The Morgan fingerprint density at radius 2 is 1.71 bits per heavy atom. The van der Waals surface area contributed by atoms with E-state index in [-0.39, 0.29) is 0 Å². The summed E-state index contributed by atoms with van der Waals surface area (Å²) in [4.78, 5) is 0. The van der Waals surface area contributed by atoms with Crippen molar-refractivity contribution >= 4 is 6.08 Å². The van der Waals surface area contributed by atoms with Crippen LogP contribution in [0.4, 0.5) is 0 Å². The first-order chi connectivity index (χ1) is 13.8. The molecule has 28 heavy (non-hydrogen) atoms. The molecule has 0 spiro atoms. The van der Waals surface area contributed by atoms with Gasteiger partial charge in [0.05, 0.1) is 0 Å². The Morgan fingerprint density at radius 1 is 0.929 bits per heavy atom. The number of benzene rings is 2. The molecule has 142 valence electrons. The van der Waals surface area contributed by atoms with Crippen LogP contribution in [0.15, 0.2) is 71.3 Å². The summed E-state index contributed by atoms with van der Waals surface area (Å²) in [5.74, 6) is 0.770. The van der Waals surface area contributed by atoms with Crippen LogP contribution < -0.4 is 0 Å². The van der Waals surface area contributed by atoms with Crippen LogP contribution in [0.1, 0.15) is 60.4 Å². The van der Waals surface area contributed by atoms with E-state index in [1.54, 1.807) is 16.7 Å². The van der Waals surface area contributed by atoms with Crippen molar-refractivity contribution in [2.45, 2.75) is 58.3 Å². The van der Waals surface area contributed by atoms with E-state index in [1.165, 1.54) is 59.9 Å². The molecule has 2 aromatic rings.